The molecule has 0 spiro atoms. The van der Waals surface area contributed by atoms with E-state index in [1.165, 1.54) is 0 Å². The Morgan fingerprint density at radius 1 is 0.500 bits per heavy atom. The van der Waals surface area contributed by atoms with E-state index in [1.807, 2.05) is 12.1 Å². The highest BCUT2D eigenvalue weighted by Gasteiger charge is 2.42. The fourth-order valence-electron chi connectivity index (χ4n) is 6.07. The molecule has 0 amide bonds. The Morgan fingerprint density at radius 2 is 0.719 bits per heavy atom. The number of hydrogen-bond donors (Lipinski definition) is 2. The average Bonchev–Trinajstić information content (AvgIpc) is 2.65. The van der Waals surface area contributed by atoms with E-state index in [0.29, 0.717) is 44.6 Å². The van der Waals surface area contributed by atoms with Crippen molar-refractivity contribution < 1.29 is 0 Å². The lowest BCUT2D eigenvalue weighted by molar-refractivity contribution is 0.838. The molecule has 4 N–H and O–H groups in total. The summed E-state index contributed by atoms with van der Waals surface area (Å²) in [5, 5.41) is 0. The predicted molar refractivity (Wildman–Crippen MR) is 151 cm³/mol. The highest BCUT2D eigenvalue weighted by molar-refractivity contribution is 6.91. The molecular weight excluding hydrogens is 420 g/mol. The molecule has 0 aliphatic heterocycles. The van der Waals surface area contributed by atoms with Crippen LogP contribution in [0.4, 0.5) is 11.4 Å². The first kappa shape index (κ1) is 28.4. The molecule has 1 aromatic carbocycles. The van der Waals surface area contributed by atoms with Gasteiger partial charge < -0.3 is 11.5 Å². The summed E-state index contributed by atoms with van der Waals surface area (Å²) in [6, 6.07) is 4.04. The van der Waals surface area contributed by atoms with Gasteiger partial charge in [-0.3, -0.25) is 0 Å². The van der Waals surface area contributed by atoms with Gasteiger partial charge in [-0.05, 0) is 45.4 Å². The second kappa shape index (κ2) is 11.0. The summed E-state index contributed by atoms with van der Waals surface area (Å²) in [6.07, 6.45) is 0. The maximum Gasteiger partial charge on any atom is 0.146 e. The normalized spacial score (nSPS) is 12.6. The zero-order valence-electron chi connectivity index (χ0n) is 22.8. The fourth-order valence-corrected chi connectivity index (χ4v) is 16.5. The molecule has 0 heterocycles. The number of hydrogen-bond acceptors (Lipinski definition) is 2. The molecule has 32 heavy (non-hydrogen) atoms. The first-order valence-electron chi connectivity index (χ1n) is 12.4. The van der Waals surface area contributed by atoms with Gasteiger partial charge in [-0.1, -0.05) is 94.9 Å². The van der Waals surface area contributed by atoms with E-state index in [9.17, 15) is 0 Å². The Balaban J connectivity index is 3.56. The van der Waals surface area contributed by atoms with Crippen LogP contribution in [-0.4, -0.2) is 16.1 Å². The van der Waals surface area contributed by atoms with Crippen molar-refractivity contribution in [2.75, 3.05) is 11.5 Å². The molecule has 0 saturated carbocycles. The van der Waals surface area contributed by atoms with Crippen LogP contribution in [-0.2, 0) is 0 Å². The van der Waals surface area contributed by atoms with Crippen LogP contribution in [0.1, 0.15) is 94.2 Å². The highest BCUT2D eigenvalue weighted by Crippen LogP contribution is 2.42. The third-order valence-corrected chi connectivity index (χ3v) is 20.4. The molecule has 4 heteroatoms. The predicted octanol–water partition coefficient (Wildman–Crippen LogP) is 7.99. The van der Waals surface area contributed by atoms with Crippen molar-refractivity contribution in [3.05, 3.63) is 23.3 Å². The average molecular weight is 469 g/mol. The van der Waals surface area contributed by atoms with Gasteiger partial charge in [-0.2, -0.15) is 0 Å². The summed E-state index contributed by atoms with van der Waals surface area (Å²) in [7, 11) is -3.64. The second-order valence-corrected chi connectivity index (χ2v) is 22.4. The van der Waals surface area contributed by atoms with Crippen molar-refractivity contribution in [3.8, 4) is 22.9 Å². The van der Waals surface area contributed by atoms with E-state index in [2.05, 4.69) is 106 Å². The summed E-state index contributed by atoms with van der Waals surface area (Å²) in [5.74, 6) is 6.92. The first-order valence-corrected chi connectivity index (χ1v) is 16.9. The molecule has 0 atom stereocenters. The molecule has 178 valence electrons. The number of nitrogens with two attached hydrogens (primary N) is 2. The molecule has 2 nitrogen and oxygen atoms in total. The zero-order chi connectivity index (χ0) is 25.0. The van der Waals surface area contributed by atoms with E-state index in [-0.39, 0.29) is 0 Å². The van der Waals surface area contributed by atoms with Crippen LogP contribution in [0.25, 0.3) is 0 Å². The Bertz CT molecular complexity index is 785. The summed E-state index contributed by atoms with van der Waals surface area (Å²) in [6.45, 7) is 27.9. The monoisotopic (exact) mass is 468 g/mol. The maximum atomic E-state index is 6.49. The zero-order valence-corrected chi connectivity index (χ0v) is 24.8. The van der Waals surface area contributed by atoms with Crippen LogP contribution >= 0.6 is 0 Å². The molecule has 0 aliphatic rings. The molecule has 1 aromatic rings. The topological polar surface area (TPSA) is 52.0 Å². The Labute approximate surface area is 201 Å². The van der Waals surface area contributed by atoms with Gasteiger partial charge in [0, 0.05) is 11.1 Å². The van der Waals surface area contributed by atoms with Gasteiger partial charge in [-0.25, -0.2) is 0 Å². The lowest BCUT2D eigenvalue weighted by Crippen LogP contribution is -2.43. The quantitative estimate of drug-likeness (QED) is 0.252. The second-order valence-electron chi connectivity index (χ2n) is 11.3. The number of nitrogen functional groups attached to an aromatic ring is 2. The van der Waals surface area contributed by atoms with E-state index < -0.39 is 16.1 Å². The Morgan fingerprint density at radius 3 is 0.906 bits per heavy atom. The van der Waals surface area contributed by atoms with Crippen LogP contribution in [0.3, 0.4) is 0 Å². The molecule has 0 unspecified atom stereocenters. The number of benzene rings is 1. The van der Waals surface area contributed by atoms with Gasteiger partial charge in [0.15, 0.2) is 0 Å². The summed E-state index contributed by atoms with van der Waals surface area (Å²) in [4.78, 5) is 0. The number of rotatable bonds is 6. The van der Waals surface area contributed by atoms with Crippen molar-refractivity contribution in [3.63, 3.8) is 0 Å². The van der Waals surface area contributed by atoms with E-state index in [1.54, 1.807) is 0 Å². The minimum Gasteiger partial charge on any atom is -0.396 e. The van der Waals surface area contributed by atoms with Gasteiger partial charge in [0.1, 0.15) is 16.1 Å². The molecule has 0 bridgehead atoms. The minimum absolute atomic E-state index is 0.578. The van der Waals surface area contributed by atoms with Gasteiger partial charge in [0.2, 0.25) is 0 Å². The molecule has 0 aromatic heterocycles. The molecule has 0 saturated heterocycles. The SMILES string of the molecule is CC(C)[Si](C#Cc1ccc(C#C[Si](C(C)C)(C(C)C)C(C)C)c(N)c1N)(C(C)C)C(C)C. The lowest BCUT2D eigenvalue weighted by Gasteiger charge is -2.38. The largest absolute Gasteiger partial charge is 0.396 e. The molecule has 0 radical (unpaired) electrons. The Kier molecular flexibility index (Phi) is 9.76. The first-order chi connectivity index (χ1) is 14.7. The van der Waals surface area contributed by atoms with Crippen molar-refractivity contribution in [1.82, 2.24) is 0 Å². The van der Waals surface area contributed by atoms with Crippen LogP contribution in [0.2, 0.25) is 33.2 Å². The van der Waals surface area contributed by atoms with Crippen LogP contribution in [0, 0.1) is 22.9 Å². The van der Waals surface area contributed by atoms with Crippen LogP contribution in [0.5, 0.6) is 0 Å². The molecule has 0 aliphatic carbocycles. The summed E-state index contributed by atoms with van der Waals surface area (Å²) < 4.78 is 0. The van der Waals surface area contributed by atoms with E-state index in [4.69, 9.17) is 11.5 Å². The molecule has 1 rings (SSSR count). The minimum atomic E-state index is -1.82. The Hall–Kier alpha value is -1.63. The molecular formula is C28H48N2Si2. The van der Waals surface area contributed by atoms with Gasteiger partial charge in [0.25, 0.3) is 0 Å². The third-order valence-electron chi connectivity index (χ3n) is 7.85. The smallest absolute Gasteiger partial charge is 0.146 e. The maximum absolute atomic E-state index is 6.49. The van der Waals surface area contributed by atoms with Gasteiger partial charge in [0.05, 0.1) is 11.4 Å². The summed E-state index contributed by atoms with van der Waals surface area (Å²) >= 11 is 0. The number of anilines is 2. The third kappa shape index (κ3) is 5.29. The van der Waals surface area contributed by atoms with Crippen LogP contribution in [0.15, 0.2) is 12.1 Å². The van der Waals surface area contributed by atoms with Gasteiger partial charge >= 0.3 is 0 Å². The van der Waals surface area contributed by atoms with Gasteiger partial charge in [-0.15, -0.1) is 11.1 Å². The van der Waals surface area contributed by atoms with Crippen molar-refractivity contribution in [2.45, 2.75) is 116 Å². The fraction of sp³-hybridized carbons (Fsp3) is 0.643. The lowest BCUT2D eigenvalue weighted by atomic mass is 10.1. The highest BCUT2D eigenvalue weighted by atomic mass is 28.3. The van der Waals surface area contributed by atoms with Crippen molar-refractivity contribution in [1.29, 1.82) is 0 Å². The van der Waals surface area contributed by atoms with E-state index >= 15 is 0 Å². The van der Waals surface area contributed by atoms with Crippen molar-refractivity contribution >= 4 is 27.5 Å². The molecule has 0 fully saturated rings. The van der Waals surface area contributed by atoms with Crippen molar-refractivity contribution in [2.24, 2.45) is 0 Å². The van der Waals surface area contributed by atoms with E-state index in [0.717, 1.165) is 11.1 Å². The standard InChI is InChI=1S/C28H48N2Si2/c1-19(2)31(20(3)4,21(5)6)17-15-25-13-14-26(28(30)27(25)29)16-18-32(22(7)8,23(9)10)24(11)12/h13-14,19-24H,29-30H2,1-12H3. The van der Waals surface area contributed by atoms with Crippen LogP contribution < -0.4 is 11.5 Å². The summed E-state index contributed by atoms with van der Waals surface area (Å²) in [5.41, 5.74) is 26.8.